The van der Waals surface area contributed by atoms with Crippen LogP contribution in [0.1, 0.15) is 27.0 Å². The second-order valence-electron chi connectivity index (χ2n) is 20.1. The van der Waals surface area contributed by atoms with Crippen molar-refractivity contribution in [1.29, 1.82) is 0 Å². The summed E-state index contributed by atoms with van der Waals surface area (Å²) < 4.78 is 0.429. The molecule has 0 fully saturated rings. The number of hydrogen-bond acceptors (Lipinski definition) is 0. The Morgan fingerprint density at radius 3 is 0.846 bits per heavy atom. The predicted octanol–water partition coefficient (Wildman–Crippen LogP) is 11.2. The van der Waals surface area contributed by atoms with Gasteiger partial charge in [0.15, 0.2) is 0 Å². The molecule has 0 saturated carbocycles. The zero-order valence-electron chi connectivity index (χ0n) is 30.8. The minimum absolute atomic E-state index is 0.429. The zero-order valence-corrected chi connectivity index (χ0v) is 38.8. The summed E-state index contributed by atoms with van der Waals surface area (Å²) in [6, 6.07) is 5.85. The molecule has 0 saturated heterocycles. The lowest BCUT2D eigenvalue weighted by atomic mass is 10.1. The third kappa shape index (κ3) is 7.64. The van der Waals surface area contributed by atoms with Crippen LogP contribution in [0.3, 0.4) is 0 Å². The zero-order chi connectivity index (χ0) is 31.6. The van der Waals surface area contributed by atoms with Gasteiger partial charge < -0.3 is 0 Å². The van der Waals surface area contributed by atoms with E-state index in [4.69, 9.17) is 0 Å². The maximum atomic E-state index is 2.93. The molecule has 1 unspecified atom stereocenters. The first-order valence-electron chi connectivity index (χ1n) is 15.6. The van der Waals surface area contributed by atoms with Gasteiger partial charge in [-0.2, -0.15) is 0 Å². The molecule has 0 bridgehead atoms. The first kappa shape index (κ1) is 38.2. The molecule has 1 aromatic rings. The second kappa shape index (κ2) is 11.6. The summed E-state index contributed by atoms with van der Waals surface area (Å²) in [5.41, 5.74) is 5.53. The maximum Gasteiger partial charge on any atom is 0.0499 e. The van der Waals surface area contributed by atoms with Gasteiger partial charge in [-0.05, 0) is 43.3 Å². The lowest BCUT2D eigenvalue weighted by Gasteiger charge is -2.60. The highest BCUT2D eigenvalue weighted by atomic mass is 31.1. The molecule has 8 heteroatoms. The number of benzene rings is 1. The van der Waals surface area contributed by atoms with E-state index in [2.05, 4.69) is 156 Å². The standard InChI is InChI=1S/C31H71PSi7/c1-32-28-26(29(33(2,3)4)34(5,6)7)23-25(24-27(28)30(35(8,9)10)36(11,12)13)31(37(14,15)16,38(17,18)19)39(20,21)22/h23-24,29-30,32H,1-22H3. The van der Waals surface area contributed by atoms with E-state index < -0.39 is 56.5 Å². The normalized spacial score (nSPS) is 15.8. The van der Waals surface area contributed by atoms with Gasteiger partial charge in [0.1, 0.15) is 0 Å². The van der Waals surface area contributed by atoms with Crippen LogP contribution in [0, 0.1) is 0 Å². The molecule has 1 rings (SSSR count). The molecule has 0 nitrogen and oxygen atoms in total. The SMILES string of the molecule is CPc1c(C([Si](C)(C)C)[Si](C)(C)C)cc(C([Si](C)(C)C)([Si](C)(C)C)[Si](C)(C)C)cc1C([Si](C)(C)C)[Si](C)(C)C. The minimum atomic E-state index is -1.60. The smallest absolute Gasteiger partial charge is 0.0499 e. The monoisotopic (exact) mass is 670 g/mol. The quantitative estimate of drug-likeness (QED) is 0.162. The first-order chi connectivity index (χ1) is 16.8. The van der Waals surface area contributed by atoms with E-state index in [0.29, 0.717) is 4.28 Å². The van der Waals surface area contributed by atoms with Crippen LogP contribution in [-0.4, -0.2) is 63.2 Å². The summed E-state index contributed by atoms with van der Waals surface area (Å²) in [5.74, 6) is 0. The van der Waals surface area contributed by atoms with Gasteiger partial charge in [-0.3, -0.25) is 0 Å². The van der Waals surface area contributed by atoms with Gasteiger partial charge in [0, 0.05) is 56.5 Å². The highest BCUT2D eigenvalue weighted by Gasteiger charge is 2.61. The molecular formula is C31H71PSi7. The van der Waals surface area contributed by atoms with E-state index in [1.54, 1.807) is 0 Å². The van der Waals surface area contributed by atoms with Crippen LogP contribution in [0.15, 0.2) is 12.1 Å². The van der Waals surface area contributed by atoms with E-state index in [-0.39, 0.29) is 0 Å². The van der Waals surface area contributed by atoms with E-state index in [1.807, 2.05) is 22.0 Å². The second-order valence-corrected chi connectivity index (χ2v) is 60.8. The Labute approximate surface area is 256 Å². The molecule has 0 amide bonds. The Morgan fingerprint density at radius 1 is 0.462 bits per heavy atom. The van der Waals surface area contributed by atoms with Crippen LogP contribution in [-0.2, 0) is 4.28 Å². The summed E-state index contributed by atoms with van der Waals surface area (Å²) in [7, 11) is -9.75. The van der Waals surface area contributed by atoms with Gasteiger partial charge >= 0.3 is 0 Å². The number of rotatable bonds is 11. The number of hydrogen-bond donors (Lipinski definition) is 0. The van der Waals surface area contributed by atoms with Crippen molar-refractivity contribution in [2.45, 2.75) is 152 Å². The lowest BCUT2D eigenvalue weighted by Crippen LogP contribution is -2.74. The fourth-order valence-electron chi connectivity index (χ4n) is 10.8. The van der Waals surface area contributed by atoms with Gasteiger partial charge in [0.05, 0.1) is 0 Å². The topological polar surface area (TPSA) is 0 Å². The minimum Gasteiger partial charge on any atom is -0.0930 e. The van der Waals surface area contributed by atoms with E-state index in [9.17, 15) is 0 Å². The van der Waals surface area contributed by atoms with Crippen molar-refractivity contribution in [3.8, 4) is 0 Å². The van der Waals surface area contributed by atoms with Gasteiger partial charge in [0.2, 0.25) is 0 Å². The average molecular weight is 671 g/mol. The van der Waals surface area contributed by atoms with Crippen LogP contribution in [0.2, 0.25) is 137 Å². The fraction of sp³-hybridized carbons (Fsp3) is 0.806. The molecule has 0 radical (unpaired) electrons. The molecule has 228 valence electrons. The average Bonchev–Trinajstić information content (AvgIpc) is 2.52. The van der Waals surface area contributed by atoms with Crippen LogP contribution < -0.4 is 5.30 Å². The molecule has 0 aliphatic carbocycles. The molecule has 0 aliphatic rings. The molecule has 0 aliphatic heterocycles. The van der Waals surface area contributed by atoms with Crippen molar-refractivity contribution in [1.82, 2.24) is 0 Å². The van der Waals surface area contributed by atoms with Crippen molar-refractivity contribution in [2.24, 2.45) is 0 Å². The largest absolute Gasteiger partial charge is 0.0930 e. The third-order valence-corrected chi connectivity index (χ3v) is 50.1. The van der Waals surface area contributed by atoms with Gasteiger partial charge in [0.25, 0.3) is 0 Å². The Kier molecular flexibility index (Phi) is 11.3. The molecule has 0 aromatic heterocycles. The van der Waals surface area contributed by atoms with E-state index in [0.717, 1.165) is 18.9 Å². The predicted molar refractivity (Wildman–Crippen MR) is 211 cm³/mol. The Morgan fingerprint density at radius 2 is 0.692 bits per heavy atom. The maximum absolute atomic E-state index is 2.93. The van der Waals surface area contributed by atoms with E-state index in [1.165, 1.54) is 0 Å². The third-order valence-electron chi connectivity index (χ3n) is 9.34. The molecule has 0 spiro atoms. The van der Waals surface area contributed by atoms with Crippen LogP contribution in [0.5, 0.6) is 0 Å². The van der Waals surface area contributed by atoms with Crippen LogP contribution >= 0.6 is 8.58 Å². The molecule has 0 heterocycles. The highest BCUT2D eigenvalue weighted by molar-refractivity contribution is 7.46. The van der Waals surface area contributed by atoms with Gasteiger partial charge in [-0.1, -0.05) is 158 Å². The highest BCUT2D eigenvalue weighted by Crippen LogP contribution is 2.52. The van der Waals surface area contributed by atoms with E-state index >= 15 is 0 Å². The Balaban J connectivity index is 4.79. The molecule has 1 atom stereocenters. The van der Waals surface area contributed by atoms with Gasteiger partial charge in [-0.25, -0.2) is 0 Å². The molecule has 0 N–H and O–H groups in total. The van der Waals surface area contributed by atoms with Crippen molar-refractivity contribution in [2.75, 3.05) is 6.66 Å². The lowest BCUT2D eigenvalue weighted by molar-refractivity contribution is 0.996. The summed E-state index contributed by atoms with van der Waals surface area (Å²) in [6.45, 7) is 59.3. The Bertz CT molecular complexity index is 882. The van der Waals surface area contributed by atoms with Crippen molar-refractivity contribution < 1.29 is 0 Å². The molecule has 39 heavy (non-hydrogen) atoms. The summed E-state index contributed by atoms with van der Waals surface area (Å²) in [5, 5.41) is 3.43. The fourth-order valence-corrected chi connectivity index (χ4v) is 67.8. The summed E-state index contributed by atoms with van der Waals surface area (Å²) in [6.07, 6.45) is 0. The summed E-state index contributed by atoms with van der Waals surface area (Å²) >= 11 is 0. The van der Waals surface area contributed by atoms with Crippen LogP contribution in [0.25, 0.3) is 0 Å². The van der Waals surface area contributed by atoms with Crippen molar-refractivity contribution in [3.05, 3.63) is 28.8 Å². The van der Waals surface area contributed by atoms with Crippen molar-refractivity contribution >= 4 is 70.4 Å². The Hall–Kier alpha value is 1.17. The van der Waals surface area contributed by atoms with Gasteiger partial charge in [-0.15, -0.1) is 0 Å². The molecular weight excluding hydrogens is 600 g/mol. The first-order valence-corrected chi connectivity index (χ1v) is 41.9. The summed E-state index contributed by atoms with van der Waals surface area (Å²) in [4.78, 5) is 0. The van der Waals surface area contributed by atoms with Crippen molar-refractivity contribution in [3.63, 3.8) is 0 Å². The van der Waals surface area contributed by atoms with Crippen LogP contribution in [0.4, 0.5) is 0 Å². The molecule has 1 aromatic carbocycles.